The van der Waals surface area contributed by atoms with Crippen molar-refractivity contribution in [2.45, 2.75) is 26.2 Å². The third-order valence-corrected chi connectivity index (χ3v) is 3.92. The van der Waals surface area contributed by atoms with Gasteiger partial charge in [-0.05, 0) is 44.6 Å². The molecule has 2 atom stereocenters. The minimum atomic E-state index is 0.00366. The van der Waals surface area contributed by atoms with E-state index in [1.54, 1.807) is 0 Å². The van der Waals surface area contributed by atoms with Gasteiger partial charge in [-0.1, -0.05) is 0 Å². The molecule has 0 aromatic rings. The first-order valence-corrected chi connectivity index (χ1v) is 6.05. The Morgan fingerprint density at radius 1 is 1.33 bits per heavy atom. The molecule has 0 amide bonds. The molecule has 2 bridgehead atoms. The topological polar surface area (TPSA) is 29.5 Å². The summed E-state index contributed by atoms with van der Waals surface area (Å²) >= 11 is 0. The van der Waals surface area contributed by atoms with Gasteiger partial charge in [0.2, 0.25) is 0 Å². The lowest BCUT2D eigenvalue weighted by Crippen LogP contribution is -2.40. The molecule has 0 aromatic carbocycles. The van der Waals surface area contributed by atoms with Gasteiger partial charge in [0.15, 0.2) is 0 Å². The van der Waals surface area contributed by atoms with Crippen LogP contribution >= 0.6 is 0 Å². The lowest BCUT2D eigenvalue weighted by Gasteiger charge is -2.35. The number of likely N-dealkylation sites (tertiary alicyclic amines) is 1. The lowest BCUT2D eigenvalue weighted by atomic mass is 9.83. The largest absolute Gasteiger partial charge is 0.466 e. The molecule has 2 fully saturated rings. The number of rotatable bonds is 3. The number of hydrogen-bond donors (Lipinski definition) is 0. The van der Waals surface area contributed by atoms with Crippen LogP contribution in [0.1, 0.15) is 26.2 Å². The fourth-order valence-corrected chi connectivity index (χ4v) is 3.32. The van der Waals surface area contributed by atoms with Gasteiger partial charge in [0.25, 0.3) is 0 Å². The van der Waals surface area contributed by atoms with E-state index in [-0.39, 0.29) is 5.97 Å². The first-order valence-electron chi connectivity index (χ1n) is 6.05. The Bertz CT molecular complexity index is 228. The zero-order valence-corrected chi connectivity index (χ0v) is 9.74. The summed E-state index contributed by atoms with van der Waals surface area (Å²) in [4.78, 5) is 13.9. The van der Waals surface area contributed by atoms with E-state index in [1.165, 1.54) is 25.9 Å². The summed E-state index contributed by atoms with van der Waals surface area (Å²) in [6.07, 6.45) is 3.26. The summed E-state index contributed by atoms with van der Waals surface area (Å²) in [6.45, 7) is 4.73. The number of ether oxygens (including phenoxy) is 1. The Hall–Kier alpha value is -0.570. The normalized spacial score (nSPS) is 35.5. The maximum Gasteiger partial charge on any atom is 0.306 e. The molecule has 15 heavy (non-hydrogen) atoms. The molecule has 0 aromatic heterocycles. The molecular weight excluding hydrogens is 190 g/mol. The van der Waals surface area contributed by atoms with Crippen molar-refractivity contribution in [3.63, 3.8) is 0 Å². The molecule has 86 valence electrons. The number of piperidine rings is 1. The van der Waals surface area contributed by atoms with E-state index < -0.39 is 0 Å². The first kappa shape index (κ1) is 10.9. The lowest BCUT2D eigenvalue weighted by molar-refractivity contribution is -0.145. The average Bonchev–Trinajstić information content (AvgIpc) is 2.44. The van der Waals surface area contributed by atoms with E-state index >= 15 is 0 Å². The van der Waals surface area contributed by atoms with Crippen molar-refractivity contribution in [3.05, 3.63) is 0 Å². The number of carbonyl (C=O) groups excluding carboxylic acids is 1. The van der Waals surface area contributed by atoms with E-state index in [0.717, 1.165) is 11.8 Å². The quantitative estimate of drug-likeness (QED) is 0.663. The van der Waals surface area contributed by atoms with Crippen molar-refractivity contribution in [2.75, 3.05) is 26.7 Å². The van der Waals surface area contributed by atoms with Gasteiger partial charge in [0.1, 0.15) is 0 Å². The third-order valence-electron chi connectivity index (χ3n) is 3.92. The van der Waals surface area contributed by atoms with Gasteiger partial charge in [-0.2, -0.15) is 0 Å². The molecule has 1 saturated carbocycles. The zero-order valence-electron chi connectivity index (χ0n) is 9.74. The Balaban J connectivity index is 1.91. The molecule has 3 nitrogen and oxygen atoms in total. The molecular formula is C12H21NO2. The molecule has 1 heterocycles. The van der Waals surface area contributed by atoms with Gasteiger partial charge < -0.3 is 9.64 Å². The van der Waals surface area contributed by atoms with E-state index in [9.17, 15) is 4.79 Å². The van der Waals surface area contributed by atoms with Crippen LogP contribution in [0.2, 0.25) is 0 Å². The van der Waals surface area contributed by atoms with Crippen LogP contribution in [-0.4, -0.2) is 37.6 Å². The van der Waals surface area contributed by atoms with Gasteiger partial charge in [0.05, 0.1) is 6.61 Å². The van der Waals surface area contributed by atoms with Crippen molar-refractivity contribution < 1.29 is 9.53 Å². The van der Waals surface area contributed by atoms with Crippen LogP contribution in [0.5, 0.6) is 0 Å². The number of nitrogens with zero attached hydrogens (tertiary/aromatic N) is 1. The van der Waals surface area contributed by atoms with Crippen LogP contribution in [-0.2, 0) is 9.53 Å². The van der Waals surface area contributed by atoms with Crippen molar-refractivity contribution in [1.29, 1.82) is 0 Å². The van der Waals surface area contributed by atoms with Crippen molar-refractivity contribution in [1.82, 2.24) is 4.90 Å². The van der Waals surface area contributed by atoms with Crippen LogP contribution in [0.25, 0.3) is 0 Å². The smallest absolute Gasteiger partial charge is 0.306 e. The first-order chi connectivity index (χ1) is 7.20. The second-order valence-corrected chi connectivity index (χ2v) is 4.99. The molecule has 3 heteroatoms. The standard InChI is InChI=1S/C12H21NO2/c1-3-15-12(14)6-11-9-4-5-10(11)8-13(2)7-9/h9-11H,3-8H2,1-2H3. The van der Waals surface area contributed by atoms with Crippen molar-refractivity contribution in [3.8, 4) is 0 Å². The highest BCUT2D eigenvalue weighted by molar-refractivity contribution is 5.69. The van der Waals surface area contributed by atoms with Crippen molar-refractivity contribution >= 4 is 5.97 Å². The van der Waals surface area contributed by atoms with Crippen LogP contribution < -0.4 is 0 Å². The highest BCUT2D eigenvalue weighted by atomic mass is 16.5. The fourth-order valence-electron chi connectivity index (χ4n) is 3.32. The predicted molar refractivity (Wildman–Crippen MR) is 58.5 cm³/mol. The van der Waals surface area contributed by atoms with Crippen LogP contribution in [0.3, 0.4) is 0 Å². The molecule has 2 unspecified atom stereocenters. The van der Waals surface area contributed by atoms with E-state index in [2.05, 4.69) is 11.9 Å². The number of hydrogen-bond acceptors (Lipinski definition) is 3. The molecule has 2 rings (SSSR count). The zero-order chi connectivity index (χ0) is 10.8. The van der Waals surface area contributed by atoms with E-state index in [0.29, 0.717) is 18.9 Å². The molecule has 0 N–H and O–H groups in total. The second kappa shape index (κ2) is 4.52. The van der Waals surface area contributed by atoms with Crippen LogP contribution in [0.4, 0.5) is 0 Å². The maximum atomic E-state index is 11.5. The molecule has 1 aliphatic heterocycles. The number of esters is 1. The van der Waals surface area contributed by atoms with Gasteiger partial charge in [-0.15, -0.1) is 0 Å². The summed E-state index contributed by atoms with van der Waals surface area (Å²) < 4.78 is 5.04. The molecule has 0 radical (unpaired) electrons. The monoisotopic (exact) mass is 211 g/mol. The maximum absolute atomic E-state index is 11.5. The van der Waals surface area contributed by atoms with E-state index in [1.807, 2.05) is 6.92 Å². The minimum absolute atomic E-state index is 0.00366. The summed E-state index contributed by atoms with van der Waals surface area (Å²) in [6, 6.07) is 0. The average molecular weight is 211 g/mol. The van der Waals surface area contributed by atoms with Gasteiger partial charge in [0, 0.05) is 19.5 Å². The SMILES string of the molecule is CCOC(=O)CC1C2CCC1CN(C)C2. The van der Waals surface area contributed by atoms with Crippen LogP contribution in [0.15, 0.2) is 0 Å². The Morgan fingerprint density at radius 2 is 1.93 bits per heavy atom. The number of carbonyl (C=O) groups is 1. The minimum Gasteiger partial charge on any atom is -0.466 e. The summed E-state index contributed by atoms with van der Waals surface area (Å²) in [5.41, 5.74) is 0. The Kier molecular flexibility index (Phi) is 3.29. The molecule has 2 aliphatic rings. The van der Waals surface area contributed by atoms with Crippen molar-refractivity contribution in [2.24, 2.45) is 17.8 Å². The van der Waals surface area contributed by atoms with E-state index in [4.69, 9.17) is 4.74 Å². The molecule has 1 aliphatic carbocycles. The Labute approximate surface area is 91.8 Å². The third kappa shape index (κ3) is 2.33. The van der Waals surface area contributed by atoms with Gasteiger partial charge in [-0.25, -0.2) is 0 Å². The summed E-state index contributed by atoms with van der Waals surface area (Å²) in [5.74, 6) is 2.07. The highest BCUT2D eigenvalue weighted by Crippen LogP contribution is 2.43. The van der Waals surface area contributed by atoms with Gasteiger partial charge in [-0.3, -0.25) is 4.79 Å². The predicted octanol–water partition coefficient (Wildman–Crippen LogP) is 1.53. The molecule has 0 spiro atoms. The van der Waals surface area contributed by atoms with Gasteiger partial charge >= 0.3 is 5.97 Å². The summed E-state index contributed by atoms with van der Waals surface area (Å²) in [7, 11) is 2.19. The van der Waals surface area contributed by atoms with Crippen LogP contribution in [0, 0.1) is 17.8 Å². The molecule has 1 saturated heterocycles. The highest BCUT2D eigenvalue weighted by Gasteiger charge is 2.41. The number of fused-ring (bicyclic) bond motifs is 2. The second-order valence-electron chi connectivity index (χ2n) is 4.99. The Morgan fingerprint density at radius 3 is 2.47 bits per heavy atom. The summed E-state index contributed by atoms with van der Waals surface area (Å²) in [5, 5.41) is 0. The fraction of sp³-hybridized carbons (Fsp3) is 0.917.